The van der Waals surface area contributed by atoms with Crippen molar-refractivity contribution < 1.29 is 9.50 Å². The lowest BCUT2D eigenvalue weighted by molar-refractivity contribution is 0.286. The lowest BCUT2D eigenvalue weighted by atomic mass is 10.1. The molecule has 0 bridgehead atoms. The maximum Gasteiger partial charge on any atom is 0.123 e. The van der Waals surface area contributed by atoms with Crippen LogP contribution in [0.15, 0.2) is 60.8 Å². The lowest BCUT2D eigenvalue weighted by Gasteiger charge is -2.04. The number of para-hydroxylation sites is 1. The Morgan fingerprint density at radius 1 is 1.04 bits per heavy atom. The lowest BCUT2D eigenvalue weighted by Crippen LogP contribution is -2.15. The molecule has 0 saturated heterocycles. The van der Waals surface area contributed by atoms with Crippen molar-refractivity contribution in [2.75, 3.05) is 13.2 Å². The van der Waals surface area contributed by atoms with Crippen LogP contribution >= 0.6 is 0 Å². The molecule has 1 aromatic heterocycles. The Balaban J connectivity index is 1.92. The van der Waals surface area contributed by atoms with E-state index in [1.165, 1.54) is 12.1 Å². The summed E-state index contributed by atoms with van der Waals surface area (Å²) in [6.45, 7) is 1.54. The van der Waals surface area contributed by atoms with E-state index in [2.05, 4.69) is 10.4 Å². The summed E-state index contributed by atoms with van der Waals surface area (Å²) in [7, 11) is 0. The first-order valence-corrected chi connectivity index (χ1v) is 7.99. The zero-order valence-corrected chi connectivity index (χ0v) is 13.3. The second-order valence-corrected chi connectivity index (χ2v) is 5.54. The second-order valence-electron chi connectivity index (χ2n) is 5.54. The molecule has 0 atom stereocenters. The van der Waals surface area contributed by atoms with Gasteiger partial charge < -0.3 is 10.4 Å². The van der Waals surface area contributed by atoms with E-state index in [1.54, 1.807) is 12.1 Å². The minimum absolute atomic E-state index is 0.168. The fraction of sp³-hybridized carbons (Fsp3) is 0.211. The fourth-order valence-corrected chi connectivity index (χ4v) is 2.53. The molecule has 24 heavy (non-hydrogen) atoms. The fourth-order valence-electron chi connectivity index (χ4n) is 2.53. The SMILES string of the molecule is OCCCNCc1cn(-c2ccccc2)nc1-c1ccc(F)cc1. The average molecular weight is 325 g/mol. The van der Waals surface area contributed by atoms with E-state index in [-0.39, 0.29) is 12.4 Å². The van der Waals surface area contributed by atoms with Gasteiger partial charge in [-0.25, -0.2) is 9.07 Å². The molecule has 5 heteroatoms. The van der Waals surface area contributed by atoms with Crippen molar-refractivity contribution in [3.05, 3.63) is 72.2 Å². The minimum Gasteiger partial charge on any atom is -0.396 e. The van der Waals surface area contributed by atoms with E-state index in [1.807, 2.05) is 41.2 Å². The number of aliphatic hydroxyl groups excluding tert-OH is 1. The smallest absolute Gasteiger partial charge is 0.123 e. The molecule has 3 aromatic rings. The standard InChI is InChI=1S/C19H20FN3O/c20-17-9-7-15(8-10-17)19-16(13-21-11-4-12-24)14-23(22-19)18-5-2-1-3-6-18/h1-3,5-10,14,21,24H,4,11-13H2. The van der Waals surface area contributed by atoms with Crippen LogP contribution < -0.4 is 5.32 Å². The highest BCUT2D eigenvalue weighted by molar-refractivity contribution is 5.63. The van der Waals surface area contributed by atoms with Gasteiger partial charge in [-0.2, -0.15) is 5.10 Å². The number of nitrogens with zero attached hydrogens (tertiary/aromatic N) is 2. The normalized spacial score (nSPS) is 10.9. The van der Waals surface area contributed by atoms with Crippen LogP contribution in [0.5, 0.6) is 0 Å². The molecule has 2 N–H and O–H groups in total. The van der Waals surface area contributed by atoms with Crippen LogP contribution in [-0.4, -0.2) is 28.0 Å². The summed E-state index contributed by atoms with van der Waals surface area (Å²) in [6, 6.07) is 16.2. The van der Waals surface area contributed by atoms with Gasteiger partial charge in [0.15, 0.2) is 0 Å². The van der Waals surface area contributed by atoms with Crippen LogP contribution in [0.25, 0.3) is 16.9 Å². The van der Waals surface area contributed by atoms with Crippen LogP contribution in [0.4, 0.5) is 4.39 Å². The Labute approximate surface area is 140 Å². The van der Waals surface area contributed by atoms with Gasteiger partial charge in [0.1, 0.15) is 5.82 Å². The van der Waals surface area contributed by atoms with Gasteiger partial charge >= 0.3 is 0 Å². The zero-order chi connectivity index (χ0) is 16.8. The molecule has 0 radical (unpaired) electrons. The van der Waals surface area contributed by atoms with Crippen LogP contribution in [0.3, 0.4) is 0 Å². The van der Waals surface area contributed by atoms with Crippen LogP contribution in [-0.2, 0) is 6.54 Å². The van der Waals surface area contributed by atoms with E-state index in [0.717, 1.165) is 29.1 Å². The van der Waals surface area contributed by atoms with Gasteiger partial charge in [-0.1, -0.05) is 18.2 Å². The third kappa shape index (κ3) is 3.88. The largest absolute Gasteiger partial charge is 0.396 e. The molecule has 0 aliphatic carbocycles. The third-order valence-corrected chi connectivity index (χ3v) is 3.76. The van der Waals surface area contributed by atoms with E-state index in [4.69, 9.17) is 5.11 Å². The monoisotopic (exact) mass is 325 g/mol. The molecule has 0 saturated carbocycles. The minimum atomic E-state index is -0.260. The van der Waals surface area contributed by atoms with Crippen molar-refractivity contribution in [1.82, 2.24) is 15.1 Å². The average Bonchev–Trinajstić information content (AvgIpc) is 3.04. The summed E-state index contributed by atoms with van der Waals surface area (Å²) in [4.78, 5) is 0. The summed E-state index contributed by atoms with van der Waals surface area (Å²) >= 11 is 0. The molecule has 0 aliphatic heterocycles. The first-order chi connectivity index (χ1) is 11.8. The molecule has 0 fully saturated rings. The molecule has 0 amide bonds. The van der Waals surface area contributed by atoms with Gasteiger partial charge in [-0.3, -0.25) is 0 Å². The van der Waals surface area contributed by atoms with E-state index >= 15 is 0 Å². The number of aromatic nitrogens is 2. The highest BCUT2D eigenvalue weighted by Gasteiger charge is 2.12. The number of hydrogen-bond donors (Lipinski definition) is 2. The van der Waals surface area contributed by atoms with Gasteiger partial charge in [0, 0.05) is 30.5 Å². The summed E-state index contributed by atoms with van der Waals surface area (Å²) < 4.78 is 15.0. The summed E-state index contributed by atoms with van der Waals surface area (Å²) in [5.74, 6) is -0.260. The summed E-state index contributed by atoms with van der Waals surface area (Å²) in [5.41, 5.74) is 3.71. The maximum atomic E-state index is 13.2. The molecule has 0 unspecified atom stereocenters. The van der Waals surface area contributed by atoms with Gasteiger partial charge in [0.25, 0.3) is 0 Å². The van der Waals surface area contributed by atoms with Gasteiger partial charge in [-0.05, 0) is 49.4 Å². The highest BCUT2D eigenvalue weighted by Crippen LogP contribution is 2.24. The predicted octanol–water partition coefficient (Wildman–Crippen LogP) is 3.15. The van der Waals surface area contributed by atoms with Crippen LogP contribution in [0.2, 0.25) is 0 Å². The Hall–Kier alpha value is -2.50. The Morgan fingerprint density at radius 2 is 1.79 bits per heavy atom. The van der Waals surface area contributed by atoms with E-state index in [0.29, 0.717) is 13.0 Å². The zero-order valence-electron chi connectivity index (χ0n) is 13.3. The molecule has 0 aliphatic rings. The molecule has 124 valence electrons. The summed E-state index contributed by atoms with van der Waals surface area (Å²) in [5, 5.41) is 16.9. The van der Waals surface area contributed by atoms with Gasteiger partial charge in [0.05, 0.1) is 11.4 Å². The van der Waals surface area contributed by atoms with E-state index in [9.17, 15) is 4.39 Å². The molecule has 0 spiro atoms. The van der Waals surface area contributed by atoms with Gasteiger partial charge in [0.2, 0.25) is 0 Å². The van der Waals surface area contributed by atoms with Gasteiger partial charge in [-0.15, -0.1) is 0 Å². The molecular formula is C19H20FN3O. The molecule has 3 rings (SSSR count). The molecule has 2 aromatic carbocycles. The number of rotatable bonds is 7. The van der Waals surface area contributed by atoms with Crippen molar-refractivity contribution in [2.45, 2.75) is 13.0 Å². The quantitative estimate of drug-likeness (QED) is 0.656. The molecule has 1 heterocycles. The predicted molar refractivity (Wildman–Crippen MR) is 92.4 cm³/mol. The second kappa shape index (κ2) is 7.86. The number of halogens is 1. The van der Waals surface area contributed by atoms with Crippen molar-refractivity contribution in [1.29, 1.82) is 0 Å². The topological polar surface area (TPSA) is 50.1 Å². The van der Waals surface area contributed by atoms with Crippen molar-refractivity contribution in [3.63, 3.8) is 0 Å². The third-order valence-electron chi connectivity index (χ3n) is 3.76. The van der Waals surface area contributed by atoms with Crippen LogP contribution in [0.1, 0.15) is 12.0 Å². The van der Waals surface area contributed by atoms with Crippen LogP contribution in [0, 0.1) is 5.82 Å². The van der Waals surface area contributed by atoms with Crippen molar-refractivity contribution >= 4 is 0 Å². The number of benzene rings is 2. The summed E-state index contributed by atoms with van der Waals surface area (Å²) in [6.07, 6.45) is 2.69. The number of aliphatic hydroxyl groups is 1. The first kappa shape index (κ1) is 16.4. The highest BCUT2D eigenvalue weighted by atomic mass is 19.1. The van der Waals surface area contributed by atoms with Crippen molar-refractivity contribution in [3.8, 4) is 16.9 Å². The Kier molecular flexibility index (Phi) is 5.36. The maximum absolute atomic E-state index is 13.2. The number of hydrogen-bond acceptors (Lipinski definition) is 3. The first-order valence-electron chi connectivity index (χ1n) is 7.99. The van der Waals surface area contributed by atoms with Crippen molar-refractivity contribution in [2.24, 2.45) is 0 Å². The number of nitrogens with one attached hydrogen (secondary N) is 1. The molecule has 4 nitrogen and oxygen atoms in total. The molecular weight excluding hydrogens is 305 g/mol. The Morgan fingerprint density at radius 3 is 2.50 bits per heavy atom. The van der Waals surface area contributed by atoms with E-state index < -0.39 is 0 Å². The Bertz CT molecular complexity index is 769.